The Morgan fingerprint density at radius 3 is 2.66 bits per heavy atom. The third-order valence-corrected chi connectivity index (χ3v) is 5.11. The Kier molecular flexibility index (Phi) is 8.92. The molecule has 0 unspecified atom stereocenters. The summed E-state index contributed by atoms with van der Waals surface area (Å²) in [5.41, 5.74) is 0.323. The van der Waals surface area contributed by atoms with Crippen LogP contribution in [0.1, 0.15) is 25.8 Å². The highest BCUT2D eigenvalue weighted by Gasteiger charge is 2.27. The predicted molar refractivity (Wildman–Crippen MR) is 114 cm³/mol. The molecule has 0 bridgehead atoms. The first-order chi connectivity index (χ1) is 13.8. The van der Waals surface area contributed by atoms with E-state index in [0.717, 1.165) is 6.42 Å². The lowest BCUT2D eigenvalue weighted by atomic mass is 10.1. The second kappa shape index (κ2) is 11.2. The molecule has 156 valence electrons. The first kappa shape index (κ1) is 23.2. The van der Waals surface area contributed by atoms with Crippen molar-refractivity contribution in [3.63, 3.8) is 0 Å². The number of halogens is 3. The maximum atomic E-state index is 14.1. The van der Waals surface area contributed by atoms with Gasteiger partial charge in [-0.3, -0.25) is 9.59 Å². The van der Waals surface area contributed by atoms with Crippen LogP contribution in [0.4, 0.5) is 4.39 Å². The van der Waals surface area contributed by atoms with E-state index in [4.69, 9.17) is 16.3 Å². The summed E-state index contributed by atoms with van der Waals surface area (Å²) in [5.74, 6) is -0.733. The molecule has 2 aromatic rings. The maximum absolute atomic E-state index is 14.1. The van der Waals surface area contributed by atoms with E-state index in [-0.39, 0.29) is 19.1 Å². The zero-order valence-corrected chi connectivity index (χ0v) is 18.6. The van der Waals surface area contributed by atoms with Gasteiger partial charge in [0.2, 0.25) is 5.91 Å². The van der Waals surface area contributed by atoms with E-state index >= 15 is 0 Å². The van der Waals surface area contributed by atoms with Crippen molar-refractivity contribution in [3.05, 3.63) is 63.3 Å². The average molecular weight is 486 g/mol. The molecule has 0 aliphatic rings. The maximum Gasteiger partial charge on any atom is 0.261 e. The van der Waals surface area contributed by atoms with Gasteiger partial charge < -0.3 is 15.0 Å². The highest BCUT2D eigenvalue weighted by atomic mass is 79.9. The number of carbonyl (C=O) groups is 2. The van der Waals surface area contributed by atoms with Crippen molar-refractivity contribution in [3.8, 4) is 5.75 Å². The molecule has 8 heteroatoms. The van der Waals surface area contributed by atoms with Crippen molar-refractivity contribution in [1.29, 1.82) is 0 Å². The molecular weight excluding hydrogens is 463 g/mol. The van der Waals surface area contributed by atoms with Crippen molar-refractivity contribution >= 4 is 39.3 Å². The van der Waals surface area contributed by atoms with Gasteiger partial charge in [-0.05, 0) is 53.5 Å². The molecule has 0 saturated heterocycles. The number of carbonyl (C=O) groups excluding carboxylic acids is 2. The third-order valence-electron chi connectivity index (χ3n) is 4.26. The zero-order valence-electron chi connectivity index (χ0n) is 16.3. The normalized spacial score (nSPS) is 11.6. The quantitative estimate of drug-likeness (QED) is 0.566. The molecule has 0 aliphatic heterocycles. The molecule has 2 aromatic carbocycles. The van der Waals surface area contributed by atoms with E-state index in [1.165, 1.54) is 11.0 Å². The summed E-state index contributed by atoms with van der Waals surface area (Å²) >= 11 is 9.24. The van der Waals surface area contributed by atoms with Gasteiger partial charge in [0.05, 0.1) is 4.47 Å². The van der Waals surface area contributed by atoms with Gasteiger partial charge in [-0.25, -0.2) is 4.39 Å². The predicted octanol–water partition coefficient (Wildman–Crippen LogP) is 4.56. The Morgan fingerprint density at radius 1 is 1.28 bits per heavy atom. The van der Waals surface area contributed by atoms with Gasteiger partial charge in [0.1, 0.15) is 17.6 Å². The molecule has 0 aliphatic carbocycles. The lowest BCUT2D eigenvalue weighted by molar-refractivity contribution is -0.142. The standard InChI is InChI=1S/C21H23BrClFN2O3/c1-3-10-25-21(28)14(2)26(12-15-6-4-5-7-18(15)24)20(27)13-29-19-9-8-16(23)11-17(19)22/h4-9,11,14H,3,10,12-13H2,1-2H3,(H,25,28)/t14-/m1/s1. The Bertz CT molecular complexity index is 866. The molecule has 29 heavy (non-hydrogen) atoms. The van der Waals surface area contributed by atoms with Crippen LogP contribution in [-0.4, -0.2) is 35.9 Å². The molecule has 0 heterocycles. The molecule has 0 aromatic heterocycles. The fourth-order valence-electron chi connectivity index (χ4n) is 2.60. The van der Waals surface area contributed by atoms with Crippen LogP contribution in [0, 0.1) is 5.82 Å². The van der Waals surface area contributed by atoms with E-state index in [0.29, 0.717) is 27.4 Å². The van der Waals surface area contributed by atoms with Crippen LogP contribution in [0.25, 0.3) is 0 Å². The molecule has 1 atom stereocenters. The molecule has 0 saturated carbocycles. The van der Waals surface area contributed by atoms with E-state index in [1.54, 1.807) is 43.3 Å². The summed E-state index contributed by atoms with van der Waals surface area (Å²) in [6, 6.07) is 10.3. The minimum atomic E-state index is -0.786. The number of amides is 2. The average Bonchev–Trinajstić information content (AvgIpc) is 2.70. The second-order valence-corrected chi connectivity index (χ2v) is 7.73. The van der Waals surface area contributed by atoms with Crippen molar-refractivity contribution in [2.24, 2.45) is 0 Å². The SMILES string of the molecule is CCCNC(=O)[C@@H](C)N(Cc1ccccc1F)C(=O)COc1ccc(Cl)cc1Br. The highest BCUT2D eigenvalue weighted by molar-refractivity contribution is 9.10. The number of rotatable bonds is 9. The minimum absolute atomic E-state index is 0.0443. The summed E-state index contributed by atoms with van der Waals surface area (Å²) in [4.78, 5) is 26.6. The van der Waals surface area contributed by atoms with Gasteiger partial charge >= 0.3 is 0 Å². The molecule has 5 nitrogen and oxygen atoms in total. The van der Waals surface area contributed by atoms with Gasteiger partial charge in [0, 0.05) is 23.7 Å². The number of nitrogens with zero attached hydrogens (tertiary/aromatic N) is 1. The summed E-state index contributed by atoms with van der Waals surface area (Å²) in [6.07, 6.45) is 0.771. The molecule has 1 N–H and O–H groups in total. The highest BCUT2D eigenvalue weighted by Crippen LogP contribution is 2.28. The molecular formula is C21H23BrClFN2O3. The van der Waals surface area contributed by atoms with Crippen LogP contribution in [0.3, 0.4) is 0 Å². The smallest absolute Gasteiger partial charge is 0.261 e. The van der Waals surface area contributed by atoms with Crippen molar-refractivity contribution in [2.75, 3.05) is 13.2 Å². The van der Waals surface area contributed by atoms with E-state index in [2.05, 4.69) is 21.2 Å². The zero-order chi connectivity index (χ0) is 21.4. The van der Waals surface area contributed by atoms with Crippen LogP contribution in [-0.2, 0) is 16.1 Å². The summed E-state index contributed by atoms with van der Waals surface area (Å²) in [7, 11) is 0. The lowest BCUT2D eigenvalue weighted by Gasteiger charge is -2.29. The van der Waals surface area contributed by atoms with Gasteiger partial charge in [0.15, 0.2) is 6.61 Å². The molecule has 2 rings (SSSR count). The summed E-state index contributed by atoms with van der Waals surface area (Å²) in [6.45, 7) is 3.70. The van der Waals surface area contributed by atoms with Crippen LogP contribution in [0.15, 0.2) is 46.9 Å². The number of hydrogen-bond donors (Lipinski definition) is 1. The number of nitrogens with one attached hydrogen (secondary N) is 1. The van der Waals surface area contributed by atoms with Crippen LogP contribution >= 0.6 is 27.5 Å². The van der Waals surface area contributed by atoms with Gasteiger partial charge in [0.25, 0.3) is 5.91 Å². The molecule has 2 amide bonds. The van der Waals surface area contributed by atoms with Crippen LogP contribution in [0.5, 0.6) is 5.75 Å². The largest absolute Gasteiger partial charge is 0.483 e. The van der Waals surface area contributed by atoms with E-state index in [9.17, 15) is 14.0 Å². The van der Waals surface area contributed by atoms with Crippen LogP contribution in [0.2, 0.25) is 5.02 Å². The number of benzene rings is 2. The molecule has 0 fully saturated rings. The van der Waals surface area contributed by atoms with Gasteiger partial charge in [-0.15, -0.1) is 0 Å². The van der Waals surface area contributed by atoms with E-state index < -0.39 is 17.8 Å². The molecule has 0 spiro atoms. The second-order valence-electron chi connectivity index (χ2n) is 6.44. The third kappa shape index (κ3) is 6.72. The Hall–Kier alpha value is -2.12. The van der Waals surface area contributed by atoms with E-state index in [1.807, 2.05) is 6.92 Å². The summed E-state index contributed by atoms with van der Waals surface area (Å²) in [5, 5.41) is 3.29. The molecule has 0 radical (unpaired) electrons. The van der Waals surface area contributed by atoms with Crippen molar-refractivity contribution in [1.82, 2.24) is 10.2 Å². The fraction of sp³-hybridized carbons (Fsp3) is 0.333. The van der Waals surface area contributed by atoms with Crippen molar-refractivity contribution < 1.29 is 18.7 Å². The first-order valence-electron chi connectivity index (χ1n) is 9.22. The van der Waals surface area contributed by atoms with Gasteiger partial charge in [-0.1, -0.05) is 36.7 Å². The summed E-state index contributed by atoms with van der Waals surface area (Å²) < 4.78 is 20.3. The van der Waals surface area contributed by atoms with Crippen molar-refractivity contribution in [2.45, 2.75) is 32.9 Å². The van der Waals surface area contributed by atoms with Crippen LogP contribution < -0.4 is 10.1 Å². The Labute approximate surface area is 183 Å². The lowest BCUT2D eigenvalue weighted by Crippen LogP contribution is -2.49. The Morgan fingerprint density at radius 2 is 2.00 bits per heavy atom. The van der Waals surface area contributed by atoms with Gasteiger partial charge in [-0.2, -0.15) is 0 Å². The minimum Gasteiger partial charge on any atom is -0.483 e. The fourth-order valence-corrected chi connectivity index (χ4v) is 3.40. The first-order valence-corrected chi connectivity index (χ1v) is 10.4. The number of ether oxygens (including phenoxy) is 1. The Balaban J connectivity index is 2.17. The topological polar surface area (TPSA) is 58.6 Å². The monoisotopic (exact) mass is 484 g/mol. The number of hydrogen-bond acceptors (Lipinski definition) is 3.